The van der Waals surface area contributed by atoms with Crippen LogP contribution >= 0.6 is 0 Å². The molecule has 1 aliphatic rings. The van der Waals surface area contributed by atoms with Crippen molar-refractivity contribution < 1.29 is 19.4 Å². The molecule has 0 saturated heterocycles. The zero-order valence-corrected chi connectivity index (χ0v) is 18.0. The second-order valence-corrected chi connectivity index (χ2v) is 8.14. The van der Waals surface area contributed by atoms with Gasteiger partial charge in [-0.3, -0.25) is 9.36 Å². The number of rotatable bonds is 6. The van der Waals surface area contributed by atoms with E-state index in [4.69, 9.17) is 9.47 Å². The van der Waals surface area contributed by atoms with E-state index < -0.39 is 0 Å². The first-order chi connectivity index (χ1) is 15.6. The van der Waals surface area contributed by atoms with E-state index in [0.717, 1.165) is 34.3 Å². The van der Waals surface area contributed by atoms with Crippen molar-refractivity contribution in [2.45, 2.75) is 25.9 Å². The molecule has 0 radical (unpaired) electrons. The fourth-order valence-corrected chi connectivity index (χ4v) is 4.39. The van der Waals surface area contributed by atoms with Gasteiger partial charge < -0.3 is 14.6 Å². The van der Waals surface area contributed by atoms with Crippen molar-refractivity contribution >= 4 is 16.8 Å². The smallest absolute Gasteiger partial charge is 0.262 e. The van der Waals surface area contributed by atoms with Gasteiger partial charge in [0.2, 0.25) is 0 Å². The van der Waals surface area contributed by atoms with E-state index in [9.17, 15) is 9.90 Å². The van der Waals surface area contributed by atoms with Crippen molar-refractivity contribution in [2.24, 2.45) is 0 Å². The number of carbonyl (C=O) groups is 1. The third-order valence-electron chi connectivity index (χ3n) is 5.96. The summed E-state index contributed by atoms with van der Waals surface area (Å²) in [5.41, 5.74) is 4.57. The maximum atomic E-state index is 13.3. The SMILES string of the molecule is Cc1cc2c(CCO)cccc2n1C(=O)c1ccc(OC[C@H]2Cc3ccccc3O2)cc1. The molecule has 0 unspecified atom stereocenters. The van der Waals surface area contributed by atoms with E-state index >= 15 is 0 Å². The molecule has 5 rings (SSSR count). The molecule has 162 valence electrons. The summed E-state index contributed by atoms with van der Waals surface area (Å²) in [6.07, 6.45) is 1.40. The van der Waals surface area contributed by atoms with Crippen LogP contribution in [0, 0.1) is 6.92 Å². The summed E-state index contributed by atoms with van der Waals surface area (Å²) in [6.45, 7) is 2.46. The van der Waals surface area contributed by atoms with Gasteiger partial charge in [-0.2, -0.15) is 0 Å². The summed E-state index contributed by atoms with van der Waals surface area (Å²) in [7, 11) is 0. The maximum absolute atomic E-state index is 13.3. The predicted molar refractivity (Wildman–Crippen MR) is 124 cm³/mol. The Morgan fingerprint density at radius 3 is 2.69 bits per heavy atom. The summed E-state index contributed by atoms with van der Waals surface area (Å²) < 4.78 is 13.6. The summed E-state index contributed by atoms with van der Waals surface area (Å²) >= 11 is 0. The monoisotopic (exact) mass is 427 g/mol. The number of hydrogen-bond donors (Lipinski definition) is 1. The van der Waals surface area contributed by atoms with Crippen LogP contribution in [-0.4, -0.2) is 34.9 Å². The van der Waals surface area contributed by atoms with E-state index in [2.05, 4.69) is 6.07 Å². The average Bonchev–Trinajstić information content (AvgIpc) is 3.38. The molecule has 0 saturated carbocycles. The van der Waals surface area contributed by atoms with Gasteiger partial charge in [0.1, 0.15) is 24.2 Å². The van der Waals surface area contributed by atoms with Crippen molar-refractivity contribution in [2.75, 3.05) is 13.2 Å². The van der Waals surface area contributed by atoms with Crippen LogP contribution in [0.3, 0.4) is 0 Å². The van der Waals surface area contributed by atoms with Gasteiger partial charge in [0.15, 0.2) is 0 Å². The summed E-state index contributed by atoms with van der Waals surface area (Å²) in [6, 6.07) is 23.2. The molecule has 0 aliphatic carbocycles. The quantitative estimate of drug-likeness (QED) is 0.490. The minimum Gasteiger partial charge on any atom is -0.490 e. The number of aliphatic hydroxyl groups excluding tert-OH is 1. The van der Waals surface area contributed by atoms with Gasteiger partial charge in [0, 0.05) is 29.7 Å². The Balaban J connectivity index is 1.30. The highest BCUT2D eigenvalue weighted by molar-refractivity contribution is 6.03. The number of ether oxygens (including phenoxy) is 2. The minimum atomic E-state index is -0.0835. The van der Waals surface area contributed by atoms with Crippen molar-refractivity contribution in [1.29, 1.82) is 0 Å². The van der Waals surface area contributed by atoms with Gasteiger partial charge in [-0.1, -0.05) is 30.3 Å². The normalized spacial score (nSPS) is 14.9. The van der Waals surface area contributed by atoms with Crippen LogP contribution in [0.5, 0.6) is 11.5 Å². The molecule has 2 heterocycles. The molecule has 1 aliphatic heterocycles. The Bertz CT molecular complexity index is 1250. The number of fused-ring (bicyclic) bond motifs is 2. The zero-order chi connectivity index (χ0) is 22.1. The Hall–Kier alpha value is -3.57. The van der Waals surface area contributed by atoms with Gasteiger partial charge >= 0.3 is 0 Å². The first kappa shape index (κ1) is 20.3. The number of aryl methyl sites for hydroxylation is 1. The Labute approximate surface area is 186 Å². The standard InChI is InChI=1S/C27H25NO4/c1-18-15-24-19(13-14-29)6-4-7-25(24)28(18)27(30)20-9-11-22(12-10-20)31-17-23-16-21-5-2-3-8-26(21)32-23/h2-12,15,23,29H,13-14,16-17H2,1H3/t23-/m1/s1. The molecule has 0 bridgehead atoms. The van der Waals surface area contributed by atoms with E-state index in [-0.39, 0.29) is 18.6 Å². The number of para-hydroxylation sites is 1. The molecule has 1 atom stereocenters. The summed E-state index contributed by atoms with van der Waals surface area (Å²) in [4.78, 5) is 13.3. The summed E-state index contributed by atoms with van der Waals surface area (Å²) in [5.74, 6) is 1.55. The third-order valence-corrected chi connectivity index (χ3v) is 5.96. The second-order valence-electron chi connectivity index (χ2n) is 8.14. The van der Waals surface area contributed by atoms with Crippen LogP contribution in [0.25, 0.3) is 10.9 Å². The number of benzene rings is 3. The highest BCUT2D eigenvalue weighted by atomic mass is 16.5. The molecule has 3 aromatic carbocycles. The molecule has 4 aromatic rings. The first-order valence-corrected chi connectivity index (χ1v) is 10.9. The van der Waals surface area contributed by atoms with Gasteiger partial charge in [-0.15, -0.1) is 0 Å². The molecule has 1 N–H and O–H groups in total. The van der Waals surface area contributed by atoms with Gasteiger partial charge in [0.25, 0.3) is 5.91 Å². The van der Waals surface area contributed by atoms with Crippen molar-refractivity contribution in [1.82, 2.24) is 4.57 Å². The lowest BCUT2D eigenvalue weighted by Crippen LogP contribution is -2.22. The van der Waals surface area contributed by atoms with Gasteiger partial charge in [0.05, 0.1) is 5.52 Å². The Morgan fingerprint density at radius 1 is 1.09 bits per heavy atom. The van der Waals surface area contributed by atoms with Crippen LogP contribution < -0.4 is 9.47 Å². The molecule has 0 fully saturated rings. The molecule has 0 amide bonds. The van der Waals surface area contributed by atoms with Crippen LogP contribution in [0.1, 0.15) is 27.2 Å². The Kier molecular flexibility index (Phi) is 5.41. The van der Waals surface area contributed by atoms with E-state index in [1.54, 1.807) is 16.7 Å². The maximum Gasteiger partial charge on any atom is 0.262 e. The largest absolute Gasteiger partial charge is 0.490 e. The lowest BCUT2D eigenvalue weighted by atomic mass is 10.1. The third kappa shape index (κ3) is 3.76. The van der Waals surface area contributed by atoms with Crippen LogP contribution in [0.15, 0.2) is 72.8 Å². The molecule has 32 heavy (non-hydrogen) atoms. The number of aromatic nitrogens is 1. The number of hydrogen-bond acceptors (Lipinski definition) is 4. The molecule has 5 nitrogen and oxygen atoms in total. The van der Waals surface area contributed by atoms with Crippen LogP contribution in [0.4, 0.5) is 0 Å². The average molecular weight is 428 g/mol. The highest BCUT2D eigenvalue weighted by Gasteiger charge is 2.23. The topological polar surface area (TPSA) is 60.7 Å². The van der Waals surface area contributed by atoms with E-state index in [0.29, 0.717) is 24.3 Å². The van der Waals surface area contributed by atoms with Gasteiger partial charge in [-0.25, -0.2) is 0 Å². The number of carbonyl (C=O) groups excluding carboxylic acids is 1. The molecular formula is C27H25NO4. The lowest BCUT2D eigenvalue weighted by Gasteiger charge is -2.13. The first-order valence-electron chi connectivity index (χ1n) is 10.9. The highest BCUT2D eigenvalue weighted by Crippen LogP contribution is 2.29. The molecule has 0 spiro atoms. The predicted octanol–water partition coefficient (Wildman–Crippen LogP) is 4.56. The Morgan fingerprint density at radius 2 is 1.91 bits per heavy atom. The van der Waals surface area contributed by atoms with Crippen LogP contribution in [-0.2, 0) is 12.8 Å². The van der Waals surface area contributed by atoms with Crippen molar-refractivity contribution in [3.63, 3.8) is 0 Å². The molecule has 1 aromatic heterocycles. The van der Waals surface area contributed by atoms with Crippen molar-refractivity contribution in [3.8, 4) is 11.5 Å². The second kappa shape index (κ2) is 8.52. The molecular weight excluding hydrogens is 402 g/mol. The van der Waals surface area contributed by atoms with E-state index in [1.807, 2.05) is 61.5 Å². The van der Waals surface area contributed by atoms with Crippen LogP contribution in [0.2, 0.25) is 0 Å². The number of nitrogens with zero attached hydrogens (tertiary/aromatic N) is 1. The minimum absolute atomic E-state index is 0.00397. The zero-order valence-electron chi connectivity index (χ0n) is 18.0. The van der Waals surface area contributed by atoms with E-state index in [1.165, 1.54) is 5.56 Å². The summed E-state index contributed by atoms with van der Waals surface area (Å²) in [5, 5.41) is 10.3. The van der Waals surface area contributed by atoms with Crippen molar-refractivity contribution in [3.05, 3.63) is 95.2 Å². The number of aliphatic hydroxyl groups is 1. The lowest BCUT2D eigenvalue weighted by molar-refractivity contribution is 0.0963. The molecule has 5 heteroatoms. The van der Waals surface area contributed by atoms with Gasteiger partial charge in [-0.05, 0) is 66.9 Å². The fourth-order valence-electron chi connectivity index (χ4n) is 4.39. The fraction of sp³-hybridized carbons (Fsp3) is 0.222.